The molecule has 0 N–H and O–H groups in total. The molecule has 0 bridgehead atoms. The first-order valence-corrected chi connectivity index (χ1v) is 11.7. The summed E-state index contributed by atoms with van der Waals surface area (Å²) in [4.78, 5) is 13.1. The Hall–Kier alpha value is -3.48. The molecular formula is C25H20F3N5S. The molecule has 1 aliphatic rings. The molecule has 4 aromatic rings. The van der Waals surface area contributed by atoms with Crippen molar-refractivity contribution in [3.05, 3.63) is 76.2 Å². The van der Waals surface area contributed by atoms with Crippen molar-refractivity contribution in [2.24, 2.45) is 0 Å². The van der Waals surface area contributed by atoms with Gasteiger partial charge >= 0.3 is 6.18 Å². The lowest BCUT2D eigenvalue weighted by Gasteiger charge is -2.36. The summed E-state index contributed by atoms with van der Waals surface area (Å²) in [6.07, 6.45) is -2.88. The van der Waals surface area contributed by atoms with E-state index >= 15 is 0 Å². The van der Waals surface area contributed by atoms with Crippen molar-refractivity contribution < 1.29 is 13.2 Å². The zero-order valence-electron chi connectivity index (χ0n) is 18.1. The van der Waals surface area contributed by atoms with E-state index in [2.05, 4.69) is 25.8 Å². The third kappa shape index (κ3) is 4.47. The number of anilines is 1. The van der Waals surface area contributed by atoms with Crippen LogP contribution in [0.1, 0.15) is 16.8 Å². The lowest BCUT2D eigenvalue weighted by molar-refractivity contribution is -0.140. The third-order valence-corrected chi connectivity index (χ3v) is 6.65. The molecule has 0 unspecified atom stereocenters. The molecule has 3 aromatic heterocycles. The minimum Gasteiger partial charge on any atom is -0.353 e. The van der Waals surface area contributed by atoms with Crippen molar-refractivity contribution >= 4 is 28.1 Å². The van der Waals surface area contributed by atoms with E-state index in [1.54, 1.807) is 12.3 Å². The van der Waals surface area contributed by atoms with Crippen LogP contribution in [0.3, 0.4) is 0 Å². The number of nitrogens with zero attached hydrogens (tertiary/aromatic N) is 5. The SMILES string of the molecule is N#Cc1cccc(CN2CCN(c3ncc(-c4ccsc4)c4nc(C(F)(F)F)ccc34)CC2)c1. The Kier molecular flexibility index (Phi) is 5.94. The minimum atomic E-state index is -4.52. The van der Waals surface area contributed by atoms with Crippen LogP contribution in [-0.2, 0) is 12.7 Å². The van der Waals surface area contributed by atoms with Crippen molar-refractivity contribution in [1.29, 1.82) is 5.26 Å². The smallest absolute Gasteiger partial charge is 0.353 e. The molecule has 4 heterocycles. The largest absolute Gasteiger partial charge is 0.433 e. The topological polar surface area (TPSA) is 56.1 Å². The van der Waals surface area contributed by atoms with Crippen LogP contribution in [0.5, 0.6) is 0 Å². The quantitative estimate of drug-likeness (QED) is 0.383. The second-order valence-corrected chi connectivity index (χ2v) is 8.95. The maximum atomic E-state index is 13.4. The highest BCUT2D eigenvalue weighted by Crippen LogP contribution is 2.36. The number of halogens is 3. The van der Waals surface area contributed by atoms with Gasteiger partial charge in [-0.05, 0) is 52.2 Å². The molecule has 172 valence electrons. The van der Waals surface area contributed by atoms with E-state index in [0.717, 1.165) is 36.8 Å². The van der Waals surface area contributed by atoms with Gasteiger partial charge in [-0.1, -0.05) is 12.1 Å². The molecule has 0 atom stereocenters. The third-order valence-electron chi connectivity index (χ3n) is 5.96. The maximum Gasteiger partial charge on any atom is 0.433 e. The molecule has 0 saturated carbocycles. The second-order valence-electron chi connectivity index (χ2n) is 8.17. The molecule has 0 amide bonds. The Labute approximate surface area is 198 Å². The molecule has 34 heavy (non-hydrogen) atoms. The number of thiophene rings is 1. The zero-order chi connectivity index (χ0) is 23.7. The maximum absolute atomic E-state index is 13.4. The van der Waals surface area contributed by atoms with E-state index in [4.69, 9.17) is 5.26 Å². The first kappa shape index (κ1) is 22.3. The van der Waals surface area contributed by atoms with Gasteiger partial charge in [0.1, 0.15) is 11.5 Å². The number of benzene rings is 1. The second kappa shape index (κ2) is 9.05. The molecule has 5 nitrogen and oxygen atoms in total. The zero-order valence-corrected chi connectivity index (χ0v) is 18.9. The number of nitriles is 1. The van der Waals surface area contributed by atoms with Crippen molar-refractivity contribution in [3.8, 4) is 17.2 Å². The van der Waals surface area contributed by atoms with Gasteiger partial charge in [0, 0.05) is 49.9 Å². The summed E-state index contributed by atoms with van der Waals surface area (Å²) in [5, 5.41) is 13.5. The predicted octanol–water partition coefficient (Wildman–Crippen LogP) is 5.57. The highest BCUT2D eigenvalue weighted by molar-refractivity contribution is 7.08. The molecule has 0 spiro atoms. The number of fused-ring (bicyclic) bond motifs is 1. The molecule has 1 saturated heterocycles. The van der Waals surface area contributed by atoms with Gasteiger partial charge in [0.05, 0.1) is 17.1 Å². The first-order valence-electron chi connectivity index (χ1n) is 10.8. The van der Waals surface area contributed by atoms with Gasteiger partial charge in [-0.3, -0.25) is 4.90 Å². The standard InChI is InChI=1S/C25H20F3N5S/c26-25(27,28)22-5-4-20-23(31-22)21(19-6-11-34-16-19)14-30-24(20)33-9-7-32(8-10-33)15-18-3-1-2-17(12-18)13-29/h1-6,11-12,14,16H,7-10,15H2. The van der Waals surface area contributed by atoms with E-state index in [9.17, 15) is 13.2 Å². The van der Waals surface area contributed by atoms with Crippen LogP contribution in [-0.4, -0.2) is 41.0 Å². The van der Waals surface area contributed by atoms with E-state index in [0.29, 0.717) is 40.9 Å². The van der Waals surface area contributed by atoms with E-state index in [-0.39, 0.29) is 0 Å². The van der Waals surface area contributed by atoms with Crippen molar-refractivity contribution in [2.45, 2.75) is 12.7 Å². The number of piperazine rings is 1. The lowest BCUT2D eigenvalue weighted by Crippen LogP contribution is -2.46. The van der Waals surface area contributed by atoms with Crippen LogP contribution >= 0.6 is 11.3 Å². The molecule has 5 rings (SSSR count). The Morgan fingerprint density at radius 1 is 1.06 bits per heavy atom. The summed E-state index contributed by atoms with van der Waals surface area (Å²) in [7, 11) is 0. The molecular weight excluding hydrogens is 459 g/mol. The highest BCUT2D eigenvalue weighted by atomic mass is 32.1. The number of hydrogen-bond acceptors (Lipinski definition) is 6. The fourth-order valence-corrected chi connectivity index (χ4v) is 4.91. The number of hydrogen-bond donors (Lipinski definition) is 0. The summed E-state index contributed by atoms with van der Waals surface area (Å²) in [6.45, 7) is 3.68. The number of alkyl halides is 3. The molecule has 0 radical (unpaired) electrons. The van der Waals surface area contributed by atoms with Gasteiger partial charge in [-0.15, -0.1) is 0 Å². The van der Waals surface area contributed by atoms with Gasteiger partial charge in [-0.2, -0.15) is 29.8 Å². The molecule has 9 heteroatoms. The van der Waals surface area contributed by atoms with Crippen molar-refractivity contribution in [1.82, 2.24) is 14.9 Å². The molecule has 1 aromatic carbocycles. The van der Waals surface area contributed by atoms with Gasteiger partial charge in [0.2, 0.25) is 0 Å². The van der Waals surface area contributed by atoms with Crippen molar-refractivity contribution in [3.63, 3.8) is 0 Å². The van der Waals surface area contributed by atoms with E-state index in [1.807, 2.05) is 35.0 Å². The van der Waals surface area contributed by atoms with Gasteiger partial charge < -0.3 is 4.90 Å². The van der Waals surface area contributed by atoms with Crippen LogP contribution < -0.4 is 4.90 Å². The molecule has 1 fully saturated rings. The average molecular weight is 480 g/mol. The fourth-order valence-electron chi connectivity index (χ4n) is 4.26. The minimum absolute atomic E-state index is 0.314. The monoisotopic (exact) mass is 479 g/mol. The summed E-state index contributed by atoms with van der Waals surface area (Å²) >= 11 is 1.48. The van der Waals surface area contributed by atoms with Crippen LogP contribution in [0.15, 0.2) is 59.4 Å². The van der Waals surface area contributed by atoms with Gasteiger partial charge in [0.25, 0.3) is 0 Å². The predicted molar refractivity (Wildman–Crippen MR) is 127 cm³/mol. The number of pyridine rings is 2. The van der Waals surface area contributed by atoms with Crippen molar-refractivity contribution in [2.75, 3.05) is 31.1 Å². The average Bonchev–Trinajstić information content (AvgIpc) is 3.38. The number of rotatable bonds is 4. The fraction of sp³-hybridized carbons (Fsp3) is 0.240. The Balaban J connectivity index is 1.42. The summed E-state index contributed by atoms with van der Waals surface area (Å²) < 4.78 is 40.2. The van der Waals surface area contributed by atoms with Crippen LogP contribution in [0, 0.1) is 11.3 Å². The number of aromatic nitrogens is 2. The van der Waals surface area contributed by atoms with Gasteiger partial charge in [0.15, 0.2) is 0 Å². The summed E-state index contributed by atoms with van der Waals surface area (Å²) in [5.41, 5.74) is 2.54. The Bertz CT molecular complexity index is 1350. The lowest BCUT2D eigenvalue weighted by atomic mass is 10.1. The van der Waals surface area contributed by atoms with Gasteiger partial charge in [-0.25, -0.2) is 9.97 Å². The van der Waals surface area contributed by atoms with Crippen LogP contribution in [0.25, 0.3) is 22.0 Å². The highest BCUT2D eigenvalue weighted by Gasteiger charge is 2.33. The first-order chi connectivity index (χ1) is 16.4. The van der Waals surface area contributed by atoms with E-state index in [1.165, 1.54) is 17.4 Å². The Morgan fingerprint density at radius 2 is 1.88 bits per heavy atom. The normalized spacial score (nSPS) is 14.9. The van der Waals surface area contributed by atoms with Crippen LogP contribution in [0.2, 0.25) is 0 Å². The molecule has 1 aliphatic heterocycles. The summed E-state index contributed by atoms with van der Waals surface area (Å²) in [6, 6.07) is 14.1. The summed E-state index contributed by atoms with van der Waals surface area (Å²) in [5.74, 6) is 0.654. The van der Waals surface area contributed by atoms with Crippen LogP contribution in [0.4, 0.5) is 19.0 Å². The molecule has 0 aliphatic carbocycles. The Morgan fingerprint density at radius 3 is 2.59 bits per heavy atom. The van der Waals surface area contributed by atoms with E-state index < -0.39 is 11.9 Å².